The minimum Gasteiger partial charge on any atom is -0.443 e. The van der Waals surface area contributed by atoms with Gasteiger partial charge in [-0.25, -0.2) is 9.18 Å². The number of ether oxygens (including phenoxy) is 2. The monoisotopic (exact) mass is 430 g/mol. The zero-order chi connectivity index (χ0) is 22.3. The van der Waals surface area contributed by atoms with Gasteiger partial charge in [0.05, 0.1) is 11.2 Å². The van der Waals surface area contributed by atoms with Crippen LogP contribution in [-0.2, 0) is 16.0 Å². The molecule has 0 bridgehead atoms. The Morgan fingerprint density at radius 3 is 2.40 bits per heavy atom. The molecule has 0 atom stereocenters. The third-order valence-electron chi connectivity index (χ3n) is 4.91. The lowest BCUT2D eigenvalue weighted by molar-refractivity contribution is -0.140. The summed E-state index contributed by atoms with van der Waals surface area (Å²) in [6.45, 7) is 6.30. The van der Waals surface area contributed by atoms with E-state index < -0.39 is 30.2 Å². The second-order valence-electron chi connectivity index (χ2n) is 8.54. The molecule has 9 heteroatoms. The predicted molar refractivity (Wildman–Crippen MR) is 105 cm³/mol. The van der Waals surface area contributed by atoms with Gasteiger partial charge in [-0.05, 0) is 58.7 Å². The second kappa shape index (κ2) is 8.09. The van der Waals surface area contributed by atoms with Crippen molar-refractivity contribution in [2.75, 3.05) is 18.1 Å². The summed E-state index contributed by atoms with van der Waals surface area (Å²) in [6, 6.07) is 3.48. The molecule has 1 aliphatic rings. The van der Waals surface area contributed by atoms with Gasteiger partial charge < -0.3 is 14.0 Å². The highest BCUT2D eigenvalue weighted by atomic mass is 19.4. The number of rotatable bonds is 3. The number of alkyl halides is 3. The van der Waals surface area contributed by atoms with Crippen LogP contribution >= 0.6 is 0 Å². The molecule has 0 unspecified atom stereocenters. The van der Waals surface area contributed by atoms with Crippen molar-refractivity contribution in [2.45, 2.75) is 64.9 Å². The number of nitrogens with zero attached hydrogens (tertiary/aromatic N) is 2. The van der Waals surface area contributed by atoms with E-state index in [2.05, 4.69) is 0 Å². The van der Waals surface area contributed by atoms with Gasteiger partial charge in [-0.1, -0.05) is 0 Å². The minimum absolute atomic E-state index is 0.0837. The van der Waals surface area contributed by atoms with E-state index in [9.17, 15) is 22.4 Å². The molecule has 0 radical (unpaired) electrons. The molecule has 0 aliphatic carbocycles. The number of hydrogen-bond acceptors (Lipinski definition) is 3. The maximum Gasteiger partial charge on any atom is 0.415 e. The molecule has 0 saturated carbocycles. The summed E-state index contributed by atoms with van der Waals surface area (Å²) in [5.74, 6) is -0.723. The van der Waals surface area contributed by atoms with Crippen molar-refractivity contribution in [3.05, 3.63) is 29.7 Å². The molecule has 1 aromatic heterocycles. The van der Waals surface area contributed by atoms with Gasteiger partial charge in [-0.15, -0.1) is 0 Å². The smallest absolute Gasteiger partial charge is 0.415 e. The molecule has 2 heterocycles. The molecular formula is C21H26F4N2O3. The summed E-state index contributed by atoms with van der Waals surface area (Å²) in [7, 11) is 0. The van der Waals surface area contributed by atoms with Crippen molar-refractivity contribution in [2.24, 2.45) is 0 Å². The largest absolute Gasteiger partial charge is 0.443 e. The zero-order valence-electron chi connectivity index (χ0n) is 17.5. The summed E-state index contributed by atoms with van der Waals surface area (Å²) in [5.41, 5.74) is -0.175. The Hall–Kier alpha value is -2.29. The van der Waals surface area contributed by atoms with E-state index in [4.69, 9.17) is 9.47 Å². The van der Waals surface area contributed by atoms with Gasteiger partial charge in [0.25, 0.3) is 0 Å². The van der Waals surface area contributed by atoms with Gasteiger partial charge in [0.15, 0.2) is 0 Å². The third-order valence-corrected chi connectivity index (χ3v) is 4.91. The Morgan fingerprint density at radius 1 is 1.20 bits per heavy atom. The van der Waals surface area contributed by atoms with E-state index in [-0.39, 0.29) is 17.2 Å². The first kappa shape index (κ1) is 22.4. The second-order valence-corrected chi connectivity index (χ2v) is 8.54. The topological polar surface area (TPSA) is 43.7 Å². The Morgan fingerprint density at radius 2 is 1.83 bits per heavy atom. The maximum atomic E-state index is 14.6. The van der Waals surface area contributed by atoms with E-state index in [1.54, 1.807) is 26.8 Å². The summed E-state index contributed by atoms with van der Waals surface area (Å²) < 4.78 is 65.7. The highest BCUT2D eigenvalue weighted by molar-refractivity contribution is 6.02. The Labute approximate surface area is 172 Å². The molecule has 2 aromatic rings. The van der Waals surface area contributed by atoms with Crippen LogP contribution in [0.2, 0.25) is 0 Å². The summed E-state index contributed by atoms with van der Waals surface area (Å²) >= 11 is 0. The molecule has 30 heavy (non-hydrogen) atoms. The van der Waals surface area contributed by atoms with Crippen LogP contribution in [-0.4, -0.2) is 41.7 Å². The highest BCUT2D eigenvalue weighted by Crippen LogP contribution is 2.36. The number of anilines is 1. The van der Waals surface area contributed by atoms with Crippen LogP contribution in [0.3, 0.4) is 0 Å². The van der Waals surface area contributed by atoms with Crippen molar-refractivity contribution < 1.29 is 31.8 Å². The number of halogens is 4. The first-order valence-electron chi connectivity index (χ1n) is 9.82. The van der Waals surface area contributed by atoms with Crippen LogP contribution in [0.4, 0.5) is 28.0 Å². The summed E-state index contributed by atoms with van der Waals surface area (Å²) in [6.07, 6.45) is -4.10. The van der Waals surface area contributed by atoms with Crippen LogP contribution in [0.1, 0.15) is 39.3 Å². The number of fused-ring (bicyclic) bond motifs is 1. The first-order chi connectivity index (χ1) is 13.9. The molecule has 0 N–H and O–H groups in total. The SMILES string of the molecule is Cc1cc2c(N(C(=O)OC(C)(C)C)C3CCOCC3)cc(F)cc2n1CC(F)(F)F. The summed E-state index contributed by atoms with van der Waals surface area (Å²) in [5, 5.41) is 0.371. The maximum absolute atomic E-state index is 14.6. The fourth-order valence-electron chi connectivity index (χ4n) is 3.72. The third kappa shape index (κ3) is 5.06. The molecule has 1 saturated heterocycles. The Bertz CT molecular complexity index is 925. The summed E-state index contributed by atoms with van der Waals surface area (Å²) in [4.78, 5) is 14.5. The standard InChI is InChI=1S/C21H26F4N2O3/c1-13-9-16-17(26(13)12-21(23,24)25)10-14(22)11-18(16)27(15-5-7-29-8-6-15)19(28)30-20(2,3)4/h9-11,15H,5-8,12H2,1-4H3. The van der Waals surface area contributed by atoms with E-state index in [1.165, 1.54) is 17.9 Å². The normalized spacial score (nSPS) is 16.1. The van der Waals surface area contributed by atoms with Crippen molar-refractivity contribution >= 4 is 22.7 Å². The van der Waals surface area contributed by atoms with E-state index in [0.717, 1.165) is 10.6 Å². The lowest BCUT2D eigenvalue weighted by atomic mass is 10.0. The minimum atomic E-state index is -4.46. The van der Waals surface area contributed by atoms with Gasteiger partial charge in [-0.2, -0.15) is 13.2 Å². The van der Waals surface area contributed by atoms with Crippen LogP contribution in [0.25, 0.3) is 10.9 Å². The molecule has 5 nitrogen and oxygen atoms in total. The lowest BCUT2D eigenvalue weighted by Crippen LogP contribution is -2.46. The number of aryl methyl sites for hydroxylation is 1. The van der Waals surface area contributed by atoms with Crippen molar-refractivity contribution in [3.63, 3.8) is 0 Å². The van der Waals surface area contributed by atoms with Crippen molar-refractivity contribution in [3.8, 4) is 0 Å². The van der Waals surface area contributed by atoms with E-state index in [0.29, 0.717) is 37.1 Å². The fraction of sp³-hybridized carbons (Fsp3) is 0.571. The fourth-order valence-corrected chi connectivity index (χ4v) is 3.72. The van der Waals surface area contributed by atoms with Crippen LogP contribution in [0.15, 0.2) is 18.2 Å². The number of hydrogen-bond donors (Lipinski definition) is 0. The van der Waals surface area contributed by atoms with Gasteiger partial charge in [0.1, 0.15) is 18.0 Å². The first-order valence-corrected chi connectivity index (χ1v) is 9.82. The quantitative estimate of drug-likeness (QED) is 0.598. The van der Waals surface area contributed by atoms with Crippen LogP contribution in [0, 0.1) is 12.7 Å². The Kier molecular flexibility index (Phi) is 6.04. The number of aromatic nitrogens is 1. The predicted octanol–water partition coefficient (Wildman–Crippen LogP) is 5.57. The molecule has 3 rings (SSSR count). The van der Waals surface area contributed by atoms with E-state index in [1.807, 2.05) is 0 Å². The van der Waals surface area contributed by atoms with Crippen LogP contribution in [0.5, 0.6) is 0 Å². The zero-order valence-corrected chi connectivity index (χ0v) is 17.5. The van der Waals surface area contributed by atoms with Gasteiger partial charge >= 0.3 is 12.3 Å². The lowest BCUT2D eigenvalue weighted by Gasteiger charge is -2.36. The number of amides is 1. The highest BCUT2D eigenvalue weighted by Gasteiger charge is 2.34. The van der Waals surface area contributed by atoms with Gasteiger partial charge in [0, 0.05) is 30.3 Å². The molecule has 0 spiro atoms. The number of carbonyl (C=O) groups is 1. The molecule has 1 amide bonds. The van der Waals surface area contributed by atoms with Crippen molar-refractivity contribution in [1.82, 2.24) is 4.57 Å². The van der Waals surface area contributed by atoms with Gasteiger partial charge in [-0.3, -0.25) is 4.90 Å². The molecule has 1 aromatic carbocycles. The van der Waals surface area contributed by atoms with E-state index >= 15 is 0 Å². The average molecular weight is 430 g/mol. The molecular weight excluding hydrogens is 404 g/mol. The molecule has 1 fully saturated rings. The van der Waals surface area contributed by atoms with Gasteiger partial charge in [0.2, 0.25) is 0 Å². The molecule has 1 aliphatic heterocycles. The molecule has 166 valence electrons. The van der Waals surface area contributed by atoms with Crippen LogP contribution < -0.4 is 4.90 Å². The number of benzene rings is 1. The average Bonchev–Trinajstić information content (AvgIpc) is 2.89. The van der Waals surface area contributed by atoms with Crippen molar-refractivity contribution in [1.29, 1.82) is 0 Å². The Balaban J connectivity index is 2.16. The number of carbonyl (C=O) groups excluding carboxylic acids is 1.